The summed E-state index contributed by atoms with van der Waals surface area (Å²) in [4.78, 5) is 21.0. The summed E-state index contributed by atoms with van der Waals surface area (Å²) in [6.45, 7) is 4.71. The molecule has 1 aromatic heterocycles. The molecule has 1 heterocycles. The number of hydrogen-bond acceptors (Lipinski definition) is 4. The van der Waals surface area contributed by atoms with Crippen molar-refractivity contribution in [3.63, 3.8) is 0 Å². The van der Waals surface area contributed by atoms with Crippen molar-refractivity contribution in [3.8, 4) is 0 Å². The fraction of sp³-hybridized carbons (Fsp3) is 0.190. The maximum Gasteiger partial charge on any atom is 0.270 e. The summed E-state index contributed by atoms with van der Waals surface area (Å²) in [5.41, 5.74) is 3.45. The molecule has 0 saturated carbocycles. The van der Waals surface area contributed by atoms with E-state index in [-0.39, 0.29) is 17.4 Å². The van der Waals surface area contributed by atoms with E-state index in [0.717, 1.165) is 11.1 Å². The van der Waals surface area contributed by atoms with Gasteiger partial charge < -0.3 is 10.6 Å². The molecule has 3 aromatic rings. The van der Waals surface area contributed by atoms with E-state index in [1.54, 1.807) is 25.1 Å². The zero-order valence-corrected chi connectivity index (χ0v) is 15.3. The minimum atomic E-state index is -0.305. The van der Waals surface area contributed by atoms with Crippen LogP contribution in [0.5, 0.6) is 0 Å². The number of amides is 1. The number of carbonyl (C=O) groups is 1. The molecule has 0 fully saturated rings. The second-order valence-corrected chi connectivity index (χ2v) is 6.27. The molecular formula is C21H21FN4O. The van der Waals surface area contributed by atoms with Crippen LogP contribution < -0.4 is 10.6 Å². The Kier molecular flexibility index (Phi) is 5.76. The van der Waals surface area contributed by atoms with Crippen molar-refractivity contribution in [2.45, 2.75) is 26.9 Å². The Morgan fingerprint density at radius 1 is 1.00 bits per heavy atom. The third-order valence-electron chi connectivity index (χ3n) is 4.16. The number of nitrogens with zero attached hydrogens (tertiary/aromatic N) is 2. The minimum absolute atomic E-state index is 0.289. The minimum Gasteiger partial charge on any atom is -0.366 e. The number of hydrogen-bond donors (Lipinski definition) is 2. The van der Waals surface area contributed by atoms with Gasteiger partial charge in [-0.3, -0.25) is 4.79 Å². The Morgan fingerprint density at radius 2 is 1.74 bits per heavy atom. The van der Waals surface area contributed by atoms with Gasteiger partial charge in [-0.2, -0.15) is 0 Å². The smallest absolute Gasteiger partial charge is 0.270 e. The molecule has 138 valence electrons. The highest BCUT2D eigenvalue weighted by atomic mass is 19.1. The lowest BCUT2D eigenvalue weighted by molar-refractivity contribution is 0.0945. The Hall–Kier alpha value is -3.28. The average Bonchev–Trinajstić information content (AvgIpc) is 2.66. The molecule has 0 unspecified atom stereocenters. The van der Waals surface area contributed by atoms with Gasteiger partial charge >= 0.3 is 0 Å². The molecule has 2 N–H and O–H groups in total. The van der Waals surface area contributed by atoms with Crippen LogP contribution >= 0.6 is 0 Å². The molecule has 2 aromatic carbocycles. The highest BCUT2D eigenvalue weighted by Gasteiger charge is 2.11. The van der Waals surface area contributed by atoms with E-state index in [9.17, 15) is 9.18 Å². The SMILES string of the molecule is Cc1nc(NCc2ccccc2C)cc(C(=O)NCc2ccc(F)cc2)n1. The Labute approximate surface area is 157 Å². The largest absolute Gasteiger partial charge is 0.366 e. The normalized spacial score (nSPS) is 10.5. The quantitative estimate of drug-likeness (QED) is 0.699. The highest BCUT2D eigenvalue weighted by molar-refractivity contribution is 5.92. The number of nitrogens with one attached hydrogen (secondary N) is 2. The van der Waals surface area contributed by atoms with Crippen molar-refractivity contribution in [3.05, 3.63) is 88.6 Å². The van der Waals surface area contributed by atoms with Crippen LogP contribution in [0.1, 0.15) is 33.0 Å². The molecule has 0 aliphatic carbocycles. The lowest BCUT2D eigenvalue weighted by Crippen LogP contribution is -2.24. The van der Waals surface area contributed by atoms with E-state index in [0.29, 0.717) is 24.7 Å². The molecule has 0 radical (unpaired) electrons. The molecule has 0 aliphatic heterocycles. The van der Waals surface area contributed by atoms with Gasteiger partial charge in [0.05, 0.1) is 0 Å². The summed E-state index contributed by atoms with van der Waals surface area (Å²) >= 11 is 0. The number of halogens is 1. The zero-order chi connectivity index (χ0) is 19.2. The lowest BCUT2D eigenvalue weighted by atomic mass is 10.1. The number of benzene rings is 2. The monoisotopic (exact) mass is 364 g/mol. The van der Waals surface area contributed by atoms with Gasteiger partial charge in [0.15, 0.2) is 0 Å². The summed E-state index contributed by atoms with van der Waals surface area (Å²) in [5.74, 6) is 0.499. The van der Waals surface area contributed by atoms with Crippen molar-refractivity contribution in [1.82, 2.24) is 15.3 Å². The second kappa shape index (κ2) is 8.40. The van der Waals surface area contributed by atoms with Gasteiger partial charge in [0.2, 0.25) is 0 Å². The topological polar surface area (TPSA) is 66.9 Å². The van der Waals surface area contributed by atoms with E-state index in [2.05, 4.69) is 33.6 Å². The summed E-state index contributed by atoms with van der Waals surface area (Å²) in [6.07, 6.45) is 0. The number of aromatic nitrogens is 2. The van der Waals surface area contributed by atoms with Gasteiger partial charge in [-0.15, -0.1) is 0 Å². The molecule has 0 saturated heterocycles. The highest BCUT2D eigenvalue weighted by Crippen LogP contribution is 2.12. The first-order valence-corrected chi connectivity index (χ1v) is 8.68. The molecule has 3 rings (SSSR count). The Balaban J connectivity index is 1.66. The summed E-state index contributed by atoms with van der Waals surface area (Å²) < 4.78 is 12.9. The van der Waals surface area contributed by atoms with E-state index in [4.69, 9.17) is 0 Å². The number of aryl methyl sites for hydroxylation is 2. The zero-order valence-electron chi connectivity index (χ0n) is 15.3. The second-order valence-electron chi connectivity index (χ2n) is 6.27. The van der Waals surface area contributed by atoms with Crippen LogP contribution in [0.3, 0.4) is 0 Å². The predicted octanol–water partition coefficient (Wildman–Crippen LogP) is 3.77. The van der Waals surface area contributed by atoms with E-state index in [1.807, 2.05) is 18.2 Å². The summed E-state index contributed by atoms with van der Waals surface area (Å²) in [7, 11) is 0. The van der Waals surface area contributed by atoms with E-state index >= 15 is 0 Å². The molecular weight excluding hydrogens is 343 g/mol. The van der Waals surface area contributed by atoms with Crippen LogP contribution in [-0.2, 0) is 13.1 Å². The van der Waals surface area contributed by atoms with Crippen molar-refractivity contribution in [2.75, 3.05) is 5.32 Å². The molecule has 27 heavy (non-hydrogen) atoms. The van der Waals surface area contributed by atoms with Crippen LogP contribution in [0.15, 0.2) is 54.6 Å². The van der Waals surface area contributed by atoms with Crippen LogP contribution in [0.25, 0.3) is 0 Å². The molecule has 5 nitrogen and oxygen atoms in total. The summed E-state index contributed by atoms with van der Waals surface area (Å²) in [6, 6.07) is 15.7. The molecule has 0 bridgehead atoms. The van der Waals surface area contributed by atoms with E-state index < -0.39 is 0 Å². The third kappa shape index (κ3) is 5.10. The van der Waals surface area contributed by atoms with Gasteiger partial charge in [0, 0.05) is 19.2 Å². The third-order valence-corrected chi connectivity index (χ3v) is 4.16. The number of rotatable bonds is 6. The van der Waals surface area contributed by atoms with Crippen molar-refractivity contribution < 1.29 is 9.18 Å². The van der Waals surface area contributed by atoms with Gasteiger partial charge in [-0.25, -0.2) is 14.4 Å². The van der Waals surface area contributed by atoms with Gasteiger partial charge in [-0.1, -0.05) is 36.4 Å². The number of carbonyl (C=O) groups excluding carboxylic acids is 1. The maximum absolute atomic E-state index is 12.9. The van der Waals surface area contributed by atoms with Crippen molar-refractivity contribution >= 4 is 11.7 Å². The molecule has 0 atom stereocenters. The molecule has 1 amide bonds. The fourth-order valence-electron chi connectivity index (χ4n) is 2.64. The molecule has 0 spiro atoms. The van der Waals surface area contributed by atoms with E-state index in [1.165, 1.54) is 17.7 Å². The Bertz CT molecular complexity index is 941. The van der Waals surface area contributed by atoms with Gasteiger partial charge in [0.25, 0.3) is 5.91 Å². The van der Waals surface area contributed by atoms with Crippen molar-refractivity contribution in [1.29, 1.82) is 0 Å². The first-order valence-electron chi connectivity index (χ1n) is 8.68. The number of anilines is 1. The molecule has 6 heteroatoms. The Morgan fingerprint density at radius 3 is 2.48 bits per heavy atom. The first kappa shape index (κ1) is 18.5. The predicted molar refractivity (Wildman–Crippen MR) is 103 cm³/mol. The van der Waals surface area contributed by atoms with Gasteiger partial charge in [-0.05, 0) is 42.7 Å². The first-order chi connectivity index (χ1) is 13.0. The lowest BCUT2D eigenvalue weighted by Gasteiger charge is -2.10. The molecule has 0 aliphatic rings. The standard InChI is InChI=1S/C21H21FN4O/c1-14-5-3-4-6-17(14)13-23-20-11-19(25-15(2)26-20)21(27)24-12-16-7-9-18(22)10-8-16/h3-11H,12-13H2,1-2H3,(H,24,27)(H,23,25,26). The van der Waals surface area contributed by atoms with Crippen molar-refractivity contribution in [2.24, 2.45) is 0 Å². The van der Waals surface area contributed by atoms with Crippen LogP contribution in [-0.4, -0.2) is 15.9 Å². The fourth-order valence-corrected chi connectivity index (χ4v) is 2.64. The van der Waals surface area contributed by atoms with Crippen LogP contribution in [0, 0.1) is 19.7 Å². The van der Waals surface area contributed by atoms with Crippen LogP contribution in [0.4, 0.5) is 10.2 Å². The van der Waals surface area contributed by atoms with Gasteiger partial charge in [0.1, 0.15) is 23.2 Å². The summed E-state index contributed by atoms with van der Waals surface area (Å²) in [5, 5.41) is 6.04. The van der Waals surface area contributed by atoms with Crippen LogP contribution in [0.2, 0.25) is 0 Å². The average molecular weight is 364 g/mol. The maximum atomic E-state index is 12.9.